The van der Waals surface area contributed by atoms with Crippen LogP contribution in [0.1, 0.15) is 30.6 Å². The summed E-state index contributed by atoms with van der Waals surface area (Å²) in [5.74, 6) is -0.840. The number of H-pyrrole nitrogens is 1. The first-order valence-corrected chi connectivity index (χ1v) is 5.98. The van der Waals surface area contributed by atoms with Crippen LogP contribution < -0.4 is 5.56 Å². The van der Waals surface area contributed by atoms with E-state index in [2.05, 4.69) is 4.74 Å². The summed E-state index contributed by atoms with van der Waals surface area (Å²) in [5.41, 5.74) is -2.85. The molecule has 0 aliphatic rings. The Morgan fingerprint density at radius 3 is 2.57 bits per heavy atom. The van der Waals surface area contributed by atoms with Gasteiger partial charge in [-0.1, -0.05) is 0 Å². The van der Waals surface area contributed by atoms with Crippen LogP contribution in [0.2, 0.25) is 0 Å². The number of carbonyl (C=O) groups excluding carboxylic acids is 1. The van der Waals surface area contributed by atoms with Gasteiger partial charge in [-0.25, -0.2) is 0 Å². The Kier molecular flexibility index (Phi) is 5.50. The summed E-state index contributed by atoms with van der Waals surface area (Å²) < 4.78 is 42.1. The molecule has 1 aromatic rings. The zero-order chi connectivity index (χ0) is 16.2. The number of rotatable bonds is 5. The van der Waals surface area contributed by atoms with Crippen LogP contribution in [0.15, 0.2) is 17.1 Å². The molecule has 2 atom stereocenters. The second-order valence-corrected chi connectivity index (χ2v) is 4.19. The van der Waals surface area contributed by atoms with E-state index in [1.807, 2.05) is 4.98 Å². The van der Waals surface area contributed by atoms with Gasteiger partial charge in [0.1, 0.15) is 6.10 Å². The molecule has 1 heterocycles. The zero-order valence-electron chi connectivity index (χ0n) is 11.0. The molecule has 2 unspecified atom stereocenters. The molecule has 21 heavy (non-hydrogen) atoms. The van der Waals surface area contributed by atoms with E-state index >= 15 is 0 Å². The van der Waals surface area contributed by atoms with Gasteiger partial charge in [-0.3, -0.25) is 9.59 Å². The van der Waals surface area contributed by atoms with Crippen LogP contribution in [0.4, 0.5) is 13.2 Å². The maximum absolute atomic E-state index is 12.5. The highest BCUT2D eigenvalue weighted by Crippen LogP contribution is 2.29. The van der Waals surface area contributed by atoms with E-state index in [4.69, 9.17) is 0 Å². The Bertz CT molecular complexity index is 555. The summed E-state index contributed by atoms with van der Waals surface area (Å²) in [7, 11) is 0. The molecule has 0 spiro atoms. The molecule has 0 saturated carbocycles. The lowest BCUT2D eigenvalue weighted by Crippen LogP contribution is -2.28. The molecule has 0 aromatic carbocycles. The molecule has 0 saturated heterocycles. The molecule has 0 bridgehead atoms. The van der Waals surface area contributed by atoms with Crippen molar-refractivity contribution in [3.05, 3.63) is 33.7 Å². The smallest absolute Gasteiger partial charge is 0.417 e. The fourth-order valence-corrected chi connectivity index (χ4v) is 1.59. The van der Waals surface area contributed by atoms with Gasteiger partial charge in [-0.15, -0.1) is 0 Å². The first-order chi connectivity index (χ1) is 9.66. The van der Waals surface area contributed by atoms with Crippen LogP contribution in [0.3, 0.4) is 0 Å². The number of nitrogens with one attached hydrogen (secondary N) is 1. The van der Waals surface area contributed by atoms with E-state index in [1.165, 1.54) is 6.92 Å². The third kappa shape index (κ3) is 4.57. The number of pyridine rings is 1. The van der Waals surface area contributed by atoms with Crippen molar-refractivity contribution in [1.82, 2.24) is 4.98 Å². The van der Waals surface area contributed by atoms with Crippen molar-refractivity contribution in [3.63, 3.8) is 0 Å². The highest BCUT2D eigenvalue weighted by molar-refractivity contribution is 5.70. The second-order valence-electron chi connectivity index (χ2n) is 4.19. The number of halogens is 3. The predicted octanol–water partition coefficient (Wildman–Crippen LogP) is 0.741. The molecule has 0 aliphatic heterocycles. The van der Waals surface area contributed by atoms with Crippen molar-refractivity contribution < 1.29 is 32.9 Å². The molecular formula is C12H14F3NO5. The quantitative estimate of drug-likeness (QED) is 0.697. The predicted molar refractivity (Wildman–Crippen MR) is 64.3 cm³/mol. The average molecular weight is 309 g/mol. The van der Waals surface area contributed by atoms with Crippen molar-refractivity contribution >= 4 is 5.97 Å². The summed E-state index contributed by atoms with van der Waals surface area (Å²) >= 11 is 0. The molecule has 6 nitrogen and oxygen atoms in total. The minimum Gasteiger partial charge on any atom is -0.466 e. The Labute approximate surface area is 117 Å². The zero-order valence-corrected chi connectivity index (χ0v) is 11.0. The van der Waals surface area contributed by atoms with Crippen molar-refractivity contribution in [2.24, 2.45) is 0 Å². The molecule has 1 rings (SSSR count). The summed E-state index contributed by atoms with van der Waals surface area (Å²) in [5, 5.41) is 19.3. The SMILES string of the molecule is CCOC(=O)CC(O)C(O)c1cc(C(F)(F)F)c[nH]c1=O. The van der Waals surface area contributed by atoms with E-state index in [0.29, 0.717) is 12.3 Å². The van der Waals surface area contributed by atoms with Crippen molar-refractivity contribution in [2.45, 2.75) is 31.7 Å². The highest BCUT2D eigenvalue weighted by atomic mass is 19.4. The van der Waals surface area contributed by atoms with E-state index in [0.717, 1.165) is 0 Å². The number of aliphatic hydroxyl groups is 2. The molecule has 9 heteroatoms. The van der Waals surface area contributed by atoms with Crippen LogP contribution in [-0.4, -0.2) is 33.9 Å². The van der Waals surface area contributed by atoms with Crippen LogP contribution in [0.25, 0.3) is 0 Å². The van der Waals surface area contributed by atoms with Gasteiger partial charge in [0.15, 0.2) is 0 Å². The summed E-state index contributed by atoms with van der Waals surface area (Å²) in [6.07, 6.45) is -8.61. The van der Waals surface area contributed by atoms with Gasteiger partial charge >= 0.3 is 12.1 Å². The van der Waals surface area contributed by atoms with Crippen molar-refractivity contribution in [2.75, 3.05) is 6.61 Å². The molecule has 0 fully saturated rings. The number of hydrogen-bond acceptors (Lipinski definition) is 5. The topological polar surface area (TPSA) is 99.6 Å². The number of hydrogen-bond donors (Lipinski definition) is 3. The van der Waals surface area contributed by atoms with Crippen LogP contribution in [0.5, 0.6) is 0 Å². The number of aromatic amines is 1. The van der Waals surface area contributed by atoms with Gasteiger partial charge in [0.2, 0.25) is 0 Å². The van der Waals surface area contributed by atoms with E-state index < -0.39 is 47.5 Å². The highest BCUT2D eigenvalue weighted by Gasteiger charge is 2.33. The number of ether oxygens (including phenoxy) is 1. The Morgan fingerprint density at radius 1 is 1.43 bits per heavy atom. The lowest BCUT2D eigenvalue weighted by molar-refractivity contribution is -0.147. The molecule has 0 radical (unpaired) electrons. The lowest BCUT2D eigenvalue weighted by Gasteiger charge is -2.17. The maximum Gasteiger partial charge on any atom is 0.417 e. The monoisotopic (exact) mass is 309 g/mol. The van der Waals surface area contributed by atoms with Gasteiger partial charge in [0.25, 0.3) is 5.56 Å². The third-order valence-corrected chi connectivity index (χ3v) is 2.62. The fraction of sp³-hybridized carbons (Fsp3) is 0.500. The number of carbonyl (C=O) groups is 1. The molecule has 1 aromatic heterocycles. The Hall–Kier alpha value is -1.87. The Balaban J connectivity index is 2.98. The molecule has 3 N–H and O–H groups in total. The summed E-state index contributed by atoms with van der Waals surface area (Å²) in [4.78, 5) is 24.4. The normalized spacial score (nSPS) is 14.6. The van der Waals surface area contributed by atoms with Gasteiger partial charge in [0.05, 0.1) is 24.7 Å². The van der Waals surface area contributed by atoms with E-state index in [1.54, 1.807) is 0 Å². The van der Waals surface area contributed by atoms with Crippen LogP contribution >= 0.6 is 0 Å². The van der Waals surface area contributed by atoms with Gasteiger partial charge in [-0.05, 0) is 13.0 Å². The standard InChI is InChI=1S/C12H14F3NO5/c1-2-21-9(18)4-8(17)10(19)7-3-6(12(13,14)15)5-16-11(7)20/h3,5,8,10,17,19H,2,4H2,1H3,(H,16,20). The summed E-state index contributed by atoms with van der Waals surface area (Å²) in [6, 6.07) is 0.428. The number of esters is 1. The maximum atomic E-state index is 12.5. The molecule has 118 valence electrons. The Morgan fingerprint density at radius 2 is 2.05 bits per heavy atom. The number of aliphatic hydroxyl groups excluding tert-OH is 2. The second kappa shape index (κ2) is 6.72. The summed E-state index contributed by atoms with van der Waals surface area (Å²) in [6.45, 7) is 1.57. The lowest BCUT2D eigenvalue weighted by atomic mass is 10.0. The largest absolute Gasteiger partial charge is 0.466 e. The van der Waals surface area contributed by atoms with Crippen LogP contribution in [0, 0.1) is 0 Å². The molecular weight excluding hydrogens is 295 g/mol. The third-order valence-electron chi connectivity index (χ3n) is 2.62. The van der Waals surface area contributed by atoms with Crippen molar-refractivity contribution in [1.29, 1.82) is 0 Å². The number of alkyl halides is 3. The van der Waals surface area contributed by atoms with Crippen LogP contribution in [-0.2, 0) is 15.7 Å². The molecule has 0 aliphatic carbocycles. The van der Waals surface area contributed by atoms with Gasteiger partial charge in [-0.2, -0.15) is 13.2 Å². The van der Waals surface area contributed by atoms with Gasteiger partial charge < -0.3 is 19.9 Å². The number of aromatic nitrogens is 1. The fourth-order valence-electron chi connectivity index (χ4n) is 1.59. The first kappa shape index (κ1) is 17.2. The van der Waals surface area contributed by atoms with Gasteiger partial charge in [0, 0.05) is 11.8 Å². The first-order valence-electron chi connectivity index (χ1n) is 5.98. The minimum absolute atomic E-state index is 0.0474. The average Bonchev–Trinajstić information content (AvgIpc) is 2.37. The van der Waals surface area contributed by atoms with Crippen molar-refractivity contribution in [3.8, 4) is 0 Å². The van der Waals surface area contributed by atoms with E-state index in [-0.39, 0.29) is 6.61 Å². The van der Waals surface area contributed by atoms with E-state index in [9.17, 15) is 33.0 Å². The minimum atomic E-state index is -4.72. The molecule has 0 amide bonds.